The first-order valence-electron chi connectivity index (χ1n) is 5.84. The van der Waals surface area contributed by atoms with Crippen LogP contribution in [0.15, 0.2) is 23.3 Å². The molecule has 0 atom stereocenters. The SMILES string of the molecule is CC(C)=CCC/C(C)=C/C=[N+](\[O-])C(C)(C)C. The molecule has 0 aromatic rings. The molecule has 16 heavy (non-hydrogen) atoms. The standard InChI is InChI=1S/C14H25NO/c1-12(2)8-7-9-13(3)10-11-15(16)14(4,5)6/h8,10-11H,7,9H2,1-6H3/b13-10+,15-11-. The summed E-state index contributed by atoms with van der Waals surface area (Å²) in [5.74, 6) is 0. The highest BCUT2D eigenvalue weighted by atomic mass is 16.5. The Hall–Kier alpha value is -1.05. The fraction of sp³-hybridized carbons (Fsp3) is 0.643. The summed E-state index contributed by atoms with van der Waals surface area (Å²) in [5, 5.41) is 11.6. The molecular formula is C14H25NO. The van der Waals surface area contributed by atoms with Crippen LogP contribution in [0.2, 0.25) is 0 Å². The molecule has 0 aliphatic rings. The van der Waals surface area contributed by atoms with Gasteiger partial charge in [0.05, 0.1) is 0 Å². The predicted molar refractivity (Wildman–Crippen MR) is 71.9 cm³/mol. The molecule has 0 aliphatic heterocycles. The van der Waals surface area contributed by atoms with Gasteiger partial charge in [-0.1, -0.05) is 17.2 Å². The minimum atomic E-state index is -0.351. The van der Waals surface area contributed by atoms with Gasteiger partial charge in [-0.3, -0.25) is 0 Å². The molecule has 0 N–H and O–H groups in total. The number of hydrogen-bond acceptors (Lipinski definition) is 1. The average molecular weight is 223 g/mol. The molecule has 0 saturated carbocycles. The Labute approximate surface area is 100.0 Å². The Morgan fingerprint density at radius 3 is 2.19 bits per heavy atom. The van der Waals surface area contributed by atoms with E-state index in [1.165, 1.54) is 11.1 Å². The van der Waals surface area contributed by atoms with Crippen LogP contribution in [-0.4, -0.2) is 16.5 Å². The van der Waals surface area contributed by atoms with Gasteiger partial charge in [-0.25, -0.2) is 4.74 Å². The first-order valence-corrected chi connectivity index (χ1v) is 5.84. The van der Waals surface area contributed by atoms with Gasteiger partial charge in [-0.05, 0) is 33.6 Å². The second kappa shape index (κ2) is 6.51. The fourth-order valence-electron chi connectivity index (χ4n) is 1.09. The smallest absolute Gasteiger partial charge is 0.174 e. The van der Waals surface area contributed by atoms with Crippen LogP contribution in [0, 0.1) is 5.21 Å². The van der Waals surface area contributed by atoms with Gasteiger partial charge in [0.1, 0.15) is 0 Å². The van der Waals surface area contributed by atoms with E-state index in [4.69, 9.17) is 0 Å². The Morgan fingerprint density at radius 1 is 1.19 bits per heavy atom. The van der Waals surface area contributed by atoms with Crippen molar-refractivity contribution in [1.29, 1.82) is 0 Å². The minimum absolute atomic E-state index is 0.351. The van der Waals surface area contributed by atoms with Gasteiger partial charge >= 0.3 is 0 Å². The summed E-state index contributed by atoms with van der Waals surface area (Å²) >= 11 is 0. The maximum Gasteiger partial charge on any atom is 0.174 e. The summed E-state index contributed by atoms with van der Waals surface area (Å²) in [5.41, 5.74) is 2.23. The van der Waals surface area contributed by atoms with E-state index in [0.29, 0.717) is 0 Å². The van der Waals surface area contributed by atoms with Gasteiger partial charge in [0.15, 0.2) is 11.8 Å². The highest BCUT2D eigenvalue weighted by Crippen LogP contribution is 2.07. The molecule has 0 heterocycles. The van der Waals surface area contributed by atoms with Crippen LogP contribution in [0.3, 0.4) is 0 Å². The number of hydroxylamine groups is 1. The van der Waals surface area contributed by atoms with E-state index in [-0.39, 0.29) is 5.54 Å². The molecule has 0 unspecified atom stereocenters. The summed E-state index contributed by atoms with van der Waals surface area (Å²) in [7, 11) is 0. The summed E-state index contributed by atoms with van der Waals surface area (Å²) in [6.07, 6.45) is 7.82. The highest BCUT2D eigenvalue weighted by Gasteiger charge is 2.16. The minimum Gasteiger partial charge on any atom is -0.623 e. The van der Waals surface area contributed by atoms with Gasteiger partial charge in [-0.15, -0.1) is 0 Å². The molecule has 0 aromatic carbocycles. The highest BCUT2D eigenvalue weighted by molar-refractivity contribution is 5.67. The van der Waals surface area contributed by atoms with Crippen LogP contribution in [-0.2, 0) is 0 Å². The molecule has 0 aromatic heterocycles. The monoisotopic (exact) mass is 223 g/mol. The first kappa shape index (κ1) is 14.9. The topological polar surface area (TPSA) is 26.1 Å². The second-order valence-corrected chi connectivity index (χ2v) is 5.48. The van der Waals surface area contributed by atoms with Crippen molar-refractivity contribution in [2.24, 2.45) is 0 Å². The van der Waals surface area contributed by atoms with Crippen molar-refractivity contribution in [3.8, 4) is 0 Å². The quantitative estimate of drug-likeness (QED) is 0.232. The molecule has 0 amide bonds. The van der Waals surface area contributed by atoms with E-state index in [1.54, 1.807) is 6.21 Å². The van der Waals surface area contributed by atoms with E-state index in [9.17, 15) is 5.21 Å². The molecule has 92 valence electrons. The van der Waals surface area contributed by atoms with Crippen molar-refractivity contribution >= 4 is 6.21 Å². The molecule has 0 spiro atoms. The van der Waals surface area contributed by atoms with Gasteiger partial charge in [0, 0.05) is 26.8 Å². The van der Waals surface area contributed by atoms with Crippen LogP contribution in [0.25, 0.3) is 0 Å². The van der Waals surface area contributed by atoms with E-state index in [2.05, 4.69) is 26.8 Å². The van der Waals surface area contributed by atoms with E-state index < -0.39 is 0 Å². The van der Waals surface area contributed by atoms with E-state index in [0.717, 1.165) is 17.6 Å². The van der Waals surface area contributed by atoms with Crippen LogP contribution in [0.5, 0.6) is 0 Å². The van der Waals surface area contributed by atoms with E-state index in [1.807, 2.05) is 26.8 Å². The van der Waals surface area contributed by atoms with Crippen molar-refractivity contribution in [3.63, 3.8) is 0 Å². The summed E-state index contributed by atoms with van der Waals surface area (Å²) in [6.45, 7) is 12.0. The van der Waals surface area contributed by atoms with Gasteiger partial charge in [-0.2, -0.15) is 0 Å². The molecule has 0 rings (SSSR count). The van der Waals surface area contributed by atoms with Crippen molar-refractivity contribution in [2.75, 3.05) is 0 Å². The Kier molecular flexibility index (Phi) is 6.09. The second-order valence-electron chi connectivity index (χ2n) is 5.48. The molecule has 0 radical (unpaired) electrons. The lowest BCUT2D eigenvalue weighted by Gasteiger charge is -2.17. The third-order valence-corrected chi connectivity index (χ3v) is 2.25. The van der Waals surface area contributed by atoms with Crippen molar-refractivity contribution < 1.29 is 4.74 Å². The summed E-state index contributed by atoms with van der Waals surface area (Å²) < 4.78 is 0.997. The normalized spacial score (nSPS) is 13.9. The Balaban J connectivity index is 4.30. The fourth-order valence-corrected chi connectivity index (χ4v) is 1.09. The summed E-state index contributed by atoms with van der Waals surface area (Å²) in [4.78, 5) is 0. The zero-order chi connectivity index (χ0) is 12.8. The maximum absolute atomic E-state index is 11.6. The largest absolute Gasteiger partial charge is 0.623 e. The number of rotatable bonds is 4. The lowest BCUT2D eigenvalue weighted by molar-refractivity contribution is -0.530. The number of hydrogen-bond donors (Lipinski definition) is 0. The van der Waals surface area contributed by atoms with Crippen LogP contribution >= 0.6 is 0 Å². The number of nitrogens with zero attached hydrogens (tertiary/aromatic N) is 1. The molecule has 0 aliphatic carbocycles. The molecule has 2 nitrogen and oxygen atoms in total. The third-order valence-electron chi connectivity index (χ3n) is 2.25. The summed E-state index contributed by atoms with van der Waals surface area (Å²) in [6, 6.07) is 0. The van der Waals surface area contributed by atoms with Gasteiger partial charge in [0.25, 0.3) is 0 Å². The van der Waals surface area contributed by atoms with Gasteiger partial charge < -0.3 is 5.21 Å². The average Bonchev–Trinajstić information content (AvgIpc) is 2.11. The molecule has 2 heteroatoms. The maximum atomic E-state index is 11.6. The lowest BCUT2D eigenvalue weighted by Crippen LogP contribution is -2.28. The predicted octanol–water partition coefficient (Wildman–Crippen LogP) is 4.06. The first-order chi connectivity index (χ1) is 7.23. The Morgan fingerprint density at radius 2 is 1.75 bits per heavy atom. The Bertz CT molecular complexity index is 299. The number of allylic oxidation sites excluding steroid dienone is 4. The van der Waals surface area contributed by atoms with Crippen molar-refractivity contribution in [3.05, 3.63) is 28.5 Å². The zero-order valence-electron chi connectivity index (χ0n) is 11.5. The lowest BCUT2D eigenvalue weighted by atomic mass is 10.1. The van der Waals surface area contributed by atoms with Gasteiger partial charge in [0.2, 0.25) is 0 Å². The molecule has 0 fully saturated rings. The van der Waals surface area contributed by atoms with Crippen LogP contribution < -0.4 is 0 Å². The van der Waals surface area contributed by atoms with Crippen molar-refractivity contribution in [2.45, 2.75) is 59.9 Å². The van der Waals surface area contributed by atoms with Crippen LogP contribution in [0.4, 0.5) is 0 Å². The van der Waals surface area contributed by atoms with E-state index >= 15 is 0 Å². The molecule has 0 bridgehead atoms. The van der Waals surface area contributed by atoms with Crippen LogP contribution in [0.1, 0.15) is 54.4 Å². The van der Waals surface area contributed by atoms with Crippen molar-refractivity contribution in [1.82, 2.24) is 0 Å². The molecular weight excluding hydrogens is 198 g/mol. The zero-order valence-corrected chi connectivity index (χ0v) is 11.5. The molecule has 0 saturated heterocycles. The third kappa shape index (κ3) is 7.27.